The van der Waals surface area contributed by atoms with E-state index < -0.39 is 18.6 Å². The minimum Gasteiger partial charge on any atom is -0.461 e. The number of rotatable bonds is 7. The topological polar surface area (TPSA) is 47.9 Å². The molecule has 100 valence electrons. The second-order valence-electron chi connectivity index (χ2n) is 2.86. The highest BCUT2D eigenvalue weighted by atomic mass is 32.2. The van der Waals surface area contributed by atoms with Crippen LogP contribution in [-0.2, 0) is 14.4 Å². The molecule has 0 amide bonds. The number of alkyl halides is 3. The summed E-state index contributed by atoms with van der Waals surface area (Å²) in [5, 5.41) is 3.42. The summed E-state index contributed by atoms with van der Waals surface area (Å²) >= 11 is 0.951. The fraction of sp³-hybridized carbons (Fsp3) is 0.778. The van der Waals surface area contributed by atoms with Crippen molar-refractivity contribution in [2.75, 3.05) is 25.2 Å². The van der Waals surface area contributed by atoms with Gasteiger partial charge in [0.2, 0.25) is 0 Å². The number of ether oxygens (including phenoxy) is 1. The van der Waals surface area contributed by atoms with E-state index in [1.807, 2.05) is 0 Å². The predicted molar refractivity (Wildman–Crippen MR) is 59.1 cm³/mol. The molecule has 0 aromatic heterocycles. The molecule has 0 spiro atoms. The number of carbonyl (C=O) groups excluding carboxylic acids is 1. The Balaban J connectivity index is 4.03. The normalized spacial score (nSPS) is 12.4. The Kier molecular flexibility index (Phi) is 7.77. The van der Waals surface area contributed by atoms with Crippen molar-refractivity contribution in [3.8, 4) is 0 Å². The molecular weight excluding hydrogens is 259 g/mol. The molecule has 0 radical (unpaired) electrons. The fourth-order valence-electron chi connectivity index (χ4n) is 0.804. The largest absolute Gasteiger partial charge is 0.461 e. The van der Waals surface area contributed by atoms with Crippen LogP contribution in [0.25, 0.3) is 0 Å². The van der Waals surface area contributed by atoms with E-state index in [9.17, 15) is 18.0 Å². The number of halogens is 3. The molecule has 0 unspecified atom stereocenters. The van der Waals surface area contributed by atoms with Crippen molar-refractivity contribution in [1.82, 2.24) is 0 Å². The average molecular weight is 273 g/mol. The van der Waals surface area contributed by atoms with Crippen LogP contribution in [0.2, 0.25) is 0 Å². The first-order valence-electron chi connectivity index (χ1n) is 4.82. The SMILES string of the molecule is CCOC(=O)/C(CSCCC(F)(F)F)=N\OC. The van der Waals surface area contributed by atoms with Gasteiger partial charge in [-0.1, -0.05) is 5.16 Å². The first-order valence-corrected chi connectivity index (χ1v) is 5.97. The second kappa shape index (κ2) is 8.21. The number of oxime groups is 1. The molecule has 0 rings (SSSR count). The van der Waals surface area contributed by atoms with Gasteiger partial charge in [0.15, 0.2) is 5.71 Å². The Morgan fingerprint density at radius 3 is 2.53 bits per heavy atom. The molecule has 0 fully saturated rings. The minimum absolute atomic E-state index is 0.0264. The summed E-state index contributed by atoms with van der Waals surface area (Å²) in [7, 11) is 1.25. The summed E-state index contributed by atoms with van der Waals surface area (Å²) in [6.45, 7) is 1.80. The van der Waals surface area contributed by atoms with E-state index in [-0.39, 0.29) is 23.8 Å². The summed E-state index contributed by atoms with van der Waals surface area (Å²) in [5.74, 6) is -0.775. The average Bonchev–Trinajstić information content (AvgIpc) is 2.21. The van der Waals surface area contributed by atoms with Crippen LogP contribution in [0.3, 0.4) is 0 Å². The van der Waals surface area contributed by atoms with Crippen LogP contribution in [0, 0.1) is 0 Å². The highest BCUT2D eigenvalue weighted by Crippen LogP contribution is 2.22. The van der Waals surface area contributed by atoms with Crippen molar-refractivity contribution in [3.05, 3.63) is 0 Å². The number of nitrogens with zero attached hydrogens (tertiary/aromatic N) is 1. The molecule has 0 saturated carbocycles. The lowest BCUT2D eigenvalue weighted by atomic mass is 10.4. The van der Waals surface area contributed by atoms with Crippen molar-refractivity contribution in [1.29, 1.82) is 0 Å². The van der Waals surface area contributed by atoms with E-state index in [0.29, 0.717) is 0 Å². The third-order valence-electron chi connectivity index (χ3n) is 1.48. The van der Waals surface area contributed by atoms with Gasteiger partial charge in [0, 0.05) is 11.5 Å². The van der Waals surface area contributed by atoms with Crippen LogP contribution in [0.1, 0.15) is 13.3 Å². The maximum atomic E-state index is 11.8. The second-order valence-corrected chi connectivity index (χ2v) is 3.96. The van der Waals surface area contributed by atoms with Crippen molar-refractivity contribution in [3.63, 3.8) is 0 Å². The summed E-state index contributed by atoms with van der Waals surface area (Å²) in [4.78, 5) is 15.7. The van der Waals surface area contributed by atoms with Gasteiger partial charge in [0.25, 0.3) is 0 Å². The van der Waals surface area contributed by atoms with E-state index >= 15 is 0 Å². The lowest BCUT2D eigenvalue weighted by Crippen LogP contribution is -2.21. The molecule has 8 heteroatoms. The molecule has 4 nitrogen and oxygen atoms in total. The predicted octanol–water partition coefficient (Wildman–Crippen LogP) is 2.24. The van der Waals surface area contributed by atoms with Crippen molar-refractivity contribution >= 4 is 23.4 Å². The van der Waals surface area contributed by atoms with E-state index in [1.54, 1.807) is 6.92 Å². The van der Waals surface area contributed by atoms with Gasteiger partial charge in [0.05, 0.1) is 13.0 Å². The molecule has 0 aliphatic heterocycles. The van der Waals surface area contributed by atoms with Crippen LogP contribution in [0.5, 0.6) is 0 Å². The Morgan fingerprint density at radius 2 is 2.06 bits per heavy atom. The standard InChI is InChI=1S/C9H14F3NO3S/c1-3-16-8(14)7(13-15-2)6-17-5-4-9(10,11)12/h3-6H2,1-2H3/b13-7-. The molecule has 0 bridgehead atoms. The van der Waals surface area contributed by atoms with Crippen LogP contribution < -0.4 is 0 Å². The molecule has 0 heterocycles. The third-order valence-corrected chi connectivity index (χ3v) is 2.45. The van der Waals surface area contributed by atoms with Gasteiger partial charge >= 0.3 is 12.1 Å². The molecular formula is C9H14F3NO3S. The third kappa shape index (κ3) is 8.84. The molecule has 0 N–H and O–H groups in total. The molecule has 0 atom stereocenters. The summed E-state index contributed by atoms with van der Waals surface area (Å²) in [5.41, 5.74) is -0.0264. The van der Waals surface area contributed by atoms with E-state index in [4.69, 9.17) is 0 Å². The maximum absolute atomic E-state index is 11.8. The zero-order valence-electron chi connectivity index (χ0n) is 9.54. The fourth-order valence-corrected chi connectivity index (χ4v) is 1.69. The lowest BCUT2D eigenvalue weighted by Gasteiger charge is -2.07. The monoisotopic (exact) mass is 273 g/mol. The number of esters is 1. The number of thioether (sulfide) groups is 1. The van der Waals surface area contributed by atoms with E-state index in [1.165, 1.54) is 7.11 Å². The molecule has 0 aromatic rings. The molecule has 0 aromatic carbocycles. The molecule has 0 saturated heterocycles. The number of carbonyl (C=O) groups is 1. The first-order chi connectivity index (χ1) is 7.90. The van der Waals surface area contributed by atoms with Gasteiger partial charge in [-0.15, -0.1) is 0 Å². The highest BCUT2D eigenvalue weighted by Gasteiger charge is 2.26. The minimum atomic E-state index is -4.19. The maximum Gasteiger partial charge on any atom is 0.389 e. The number of hydrogen-bond donors (Lipinski definition) is 0. The molecule has 17 heavy (non-hydrogen) atoms. The Hall–Kier alpha value is -0.920. The van der Waals surface area contributed by atoms with Crippen molar-refractivity contribution in [2.45, 2.75) is 19.5 Å². The van der Waals surface area contributed by atoms with Crippen LogP contribution in [-0.4, -0.2) is 43.1 Å². The zero-order chi connectivity index (χ0) is 13.3. The molecule has 0 aliphatic carbocycles. The van der Waals surface area contributed by atoms with Gasteiger partial charge in [0.1, 0.15) is 7.11 Å². The number of hydrogen-bond acceptors (Lipinski definition) is 5. The summed E-state index contributed by atoms with van der Waals surface area (Å²) in [6, 6.07) is 0. The van der Waals surface area contributed by atoms with Crippen molar-refractivity contribution < 1.29 is 27.5 Å². The van der Waals surface area contributed by atoms with Gasteiger partial charge in [-0.3, -0.25) is 0 Å². The van der Waals surface area contributed by atoms with Gasteiger partial charge in [-0.2, -0.15) is 24.9 Å². The van der Waals surface area contributed by atoms with Gasteiger partial charge < -0.3 is 9.57 Å². The van der Waals surface area contributed by atoms with Gasteiger partial charge in [-0.05, 0) is 6.92 Å². The van der Waals surface area contributed by atoms with E-state index in [2.05, 4.69) is 14.7 Å². The zero-order valence-corrected chi connectivity index (χ0v) is 10.4. The Morgan fingerprint density at radius 1 is 1.41 bits per heavy atom. The van der Waals surface area contributed by atoms with E-state index in [0.717, 1.165) is 11.8 Å². The lowest BCUT2D eigenvalue weighted by molar-refractivity contribution is -0.135. The smallest absolute Gasteiger partial charge is 0.389 e. The highest BCUT2D eigenvalue weighted by molar-refractivity contribution is 8.00. The summed E-state index contributed by atoms with van der Waals surface area (Å²) < 4.78 is 40.2. The Labute approximate surface area is 102 Å². The van der Waals surface area contributed by atoms with Crippen LogP contribution in [0.15, 0.2) is 5.16 Å². The molecule has 0 aliphatic rings. The van der Waals surface area contributed by atoms with Gasteiger partial charge in [-0.25, -0.2) is 4.79 Å². The van der Waals surface area contributed by atoms with Crippen LogP contribution in [0.4, 0.5) is 13.2 Å². The first kappa shape index (κ1) is 16.1. The Bertz CT molecular complexity index is 269. The quantitative estimate of drug-likeness (QED) is 0.309. The summed E-state index contributed by atoms with van der Waals surface area (Å²) in [6.07, 6.45) is -5.09. The van der Waals surface area contributed by atoms with Crippen molar-refractivity contribution in [2.24, 2.45) is 5.16 Å². The van der Waals surface area contributed by atoms with Crippen LogP contribution >= 0.6 is 11.8 Å².